The van der Waals surface area contributed by atoms with E-state index in [2.05, 4.69) is 41.1 Å². The van der Waals surface area contributed by atoms with Gasteiger partial charge in [0.25, 0.3) is 0 Å². The van der Waals surface area contributed by atoms with E-state index >= 15 is 0 Å². The van der Waals surface area contributed by atoms with Crippen molar-refractivity contribution in [2.24, 2.45) is 0 Å². The van der Waals surface area contributed by atoms with E-state index in [1.807, 2.05) is 60.7 Å². The first-order valence-corrected chi connectivity index (χ1v) is 16.1. The Hall–Kier alpha value is -3.75. The maximum absolute atomic E-state index is 13.2. The van der Waals surface area contributed by atoms with Crippen LogP contribution in [0.4, 0.5) is 0 Å². The summed E-state index contributed by atoms with van der Waals surface area (Å²) in [5.74, 6) is -0.991. The number of carbonyl (C=O) groups is 2. The molecule has 0 atom stereocenters. The highest BCUT2D eigenvalue weighted by atomic mass is 32.2. The molecule has 0 bridgehead atoms. The number of nitrogens with one attached hydrogen (secondary N) is 2. The zero-order chi connectivity index (χ0) is 32.0. The Morgan fingerprint density at radius 1 is 1.20 bits per heavy atom. The maximum atomic E-state index is 13.2. The van der Waals surface area contributed by atoms with Gasteiger partial charge in [0.05, 0.1) is 18.2 Å². The van der Waals surface area contributed by atoms with Gasteiger partial charge in [0.1, 0.15) is 4.75 Å². The Morgan fingerprint density at radius 3 is 2.68 bits per heavy atom. The monoisotopic (exact) mass is 631 g/mol. The molecule has 0 fully saturated rings. The lowest BCUT2D eigenvalue weighted by Crippen LogP contribution is -2.26. The van der Waals surface area contributed by atoms with Gasteiger partial charge in [-0.1, -0.05) is 48.2 Å². The SMILES string of the molecule is CCN(CCOC)C1=CC=C(NCC(=O)/C=C(SC(=N)c2ccc(SC(C)(C)C(=O)O)cc2)\C2=C\C/C=C\C=C=C2)CC=C1. The molecule has 0 unspecified atom stereocenters. The van der Waals surface area contributed by atoms with Gasteiger partial charge < -0.3 is 20.1 Å². The highest BCUT2D eigenvalue weighted by Crippen LogP contribution is 2.34. The Labute approximate surface area is 269 Å². The second kappa shape index (κ2) is 17.5. The number of thioether (sulfide) groups is 2. The van der Waals surface area contributed by atoms with Crippen molar-refractivity contribution in [2.75, 3.05) is 33.4 Å². The number of benzene rings is 1. The molecule has 7 nitrogen and oxygen atoms in total. The quantitative estimate of drug-likeness (QED) is 0.0623. The fourth-order valence-electron chi connectivity index (χ4n) is 4.15. The Kier molecular flexibility index (Phi) is 13.8. The lowest BCUT2D eigenvalue weighted by atomic mass is 10.1. The first-order valence-electron chi connectivity index (χ1n) is 14.5. The summed E-state index contributed by atoms with van der Waals surface area (Å²) in [5.41, 5.74) is 6.68. The zero-order valence-corrected chi connectivity index (χ0v) is 27.4. The van der Waals surface area contributed by atoms with E-state index in [-0.39, 0.29) is 17.4 Å². The number of aliphatic carboxylic acids is 1. The van der Waals surface area contributed by atoms with Crippen LogP contribution < -0.4 is 5.32 Å². The molecule has 0 saturated carbocycles. The van der Waals surface area contributed by atoms with Gasteiger partial charge in [0, 0.05) is 53.4 Å². The number of carbonyl (C=O) groups excluding carboxylic acids is 1. The summed E-state index contributed by atoms with van der Waals surface area (Å²) in [6.45, 7) is 7.89. The highest BCUT2D eigenvalue weighted by molar-refractivity contribution is 8.17. The normalized spacial score (nSPS) is 16.9. The molecule has 0 aromatic heterocycles. The van der Waals surface area contributed by atoms with Crippen LogP contribution in [0.25, 0.3) is 0 Å². The molecule has 9 heteroatoms. The second-order valence-corrected chi connectivity index (χ2v) is 13.2. The number of hydrogen-bond donors (Lipinski definition) is 3. The van der Waals surface area contributed by atoms with Crippen LogP contribution in [0.1, 0.15) is 39.2 Å². The molecule has 2 aliphatic carbocycles. The highest BCUT2D eigenvalue weighted by Gasteiger charge is 2.28. The fraction of sp³-hybridized carbons (Fsp3) is 0.314. The fourth-order valence-corrected chi connectivity index (χ4v) is 6.02. The third kappa shape index (κ3) is 11.1. The molecule has 2 aliphatic rings. The number of methoxy groups -OCH3 is 1. The summed E-state index contributed by atoms with van der Waals surface area (Å²) < 4.78 is 4.27. The first kappa shape index (κ1) is 34.7. The minimum Gasteiger partial charge on any atom is -0.480 e. The van der Waals surface area contributed by atoms with Crippen LogP contribution in [-0.4, -0.2) is 64.9 Å². The molecule has 0 radical (unpaired) electrons. The lowest BCUT2D eigenvalue weighted by molar-refractivity contribution is -0.138. The van der Waals surface area contributed by atoms with E-state index < -0.39 is 10.7 Å². The number of nitrogens with zero attached hydrogens (tertiary/aromatic N) is 1. The largest absolute Gasteiger partial charge is 0.480 e. The summed E-state index contributed by atoms with van der Waals surface area (Å²) in [7, 11) is 1.70. The van der Waals surface area contributed by atoms with Crippen molar-refractivity contribution in [1.82, 2.24) is 10.2 Å². The van der Waals surface area contributed by atoms with Crippen molar-refractivity contribution in [3.63, 3.8) is 0 Å². The molecule has 1 aromatic carbocycles. The van der Waals surface area contributed by atoms with E-state index in [1.54, 1.807) is 27.0 Å². The number of allylic oxidation sites excluding steroid dienone is 9. The van der Waals surface area contributed by atoms with Gasteiger partial charge in [0.15, 0.2) is 5.78 Å². The number of carboxylic acid groups (broad SMARTS) is 1. The van der Waals surface area contributed by atoms with E-state index in [1.165, 1.54) is 23.5 Å². The van der Waals surface area contributed by atoms with E-state index in [0.717, 1.165) is 35.0 Å². The predicted octanol–water partition coefficient (Wildman–Crippen LogP) is 7.04. The Balaban J connectivity index is 1.75. The van der Waals surface area contributed by atoms with Crippen molar-refractivity contribution >= 4 is 40.3 Å². The smallest absolute Gasteiger partial charge is 0.319 e. The molecule has 3 rings (SSSR count). The van der Waals surface area contributed by atoms with E-state index in [9.17, 15) is 14.7 Å². The molecular weight excluding hydrogens is 591 g/mol. The third-order valence-corrected chi connectivity index (χ3v) is 8.92. The lowest BCUT2D eigenvalue weighted by Gasteiger charge is -2.23. The first-order chi connectivity index (χ1) is 21.1. The number of hydrogen-bond acceptors (Lipinski definition) is 8. The van der Waals surface area contributed by atoms with Crippen LogP contribution in [0.2, 0.25) is 0 Å². The number of carboxylic acids is 1. The summed E-state index contributed by atoms with van der Waals surface area (Å²) in [5, 5.41) is 21.8. The average molecular weight is 632 g/mol. The summed E-state index contributed by atoms with van der Waals surface area (Å²) in [6.07, 6.45) is 20.8. The van der Waals surface area contributed by atoms with Crippen molar-refractivity contribution in [3.05, 3.63) is 118 Å². The van der Waals surface area contributed by atoms with Gasteiger partial charge >= 0.3 is 5.97 Å². The zero-order valence-electron chi connectivity index (χ0n) is 25.8. The van der Waals surface area contributed by atoms with Crippen molar-refractivity contribution in [3.8, 4) is 0 Å². The average Bonchev–Trinajstić information content (AvgIpc) is 3.22. The molecule has 3 N–H and O–H groups in total. The minimum absolute atomic E-state index is 0.104. The second-order valence-electron chi connectivity index (χ2n) is 10.5. The third-order valence-electron chi connectivity index (χ3n) is 6.72. The maximum Gasteiger partial charge on any atom is 0.319 e. The van der Waals surface area contributed by atoms with Gasteiger partial charge in [-0.05, 0) is 81.4 Å². The van der Waals surface area contributed by atoms with Gasteiger partial charge in [-0.15, -0.1) is 17.5 Å². The molecular formula is C35H41N3O4S2. The molecule has 44 heavy (non-hydrogen) atoms. The van der Waals surface area contributed by atoms with E-state index in [4.69, 9.17) is 10.1 Å². The van der Waals surface area contributed by atoms with Crippen LogP contribution in [0.5, 0.6) is 0 Å². The number of rotatable bonds is 15. The molecule has 232 valence electrons. The number of likely N-dealkylation sites (N-methyl/N-ethyl adjacent to an activating group) is 1. The number of ketones is 1. The van der Waals surface area contributed by atoms with Crippen molar-refractivity contribution in [2.45, 2.75) is 43.3 Å². The van der Waals surface area contributed by atoms with Gasteiger partial charge in [0.2, 0.25) is 0 Å². The van der Waals surface area contributed by atoms with Crippen LogP contribution in [0, 0.1) is 5.41 Å². The standard InChI is InChI=1S/C35H41N3O4S2/c1-5-38(22-23-42-4)29-15-11-14-28(18-19-29)37-25-30(39)24-32(26-12-9-7-6-8-10-13-26)43-33(36)27-16-20-31(21-17-27)44-35(2,3)34(40)41/h6-8,11-13,15-21,24,36-37H,5,9,14,22-23,25H2,1-4H3,(H,40,41)/b7-6-,26-12+,32-24+,36-33?. The van der Waals surface area contributed by atoms with Crippen molar-refractivity contribution in [1.29, 1.82) is 5.41 Å². The summed E-state index contributed by atoms with van der Waals surface area (Å²) >= 11 is 2.47. The summed E-state index contributed by atoms with van der Waals surface area (Å²) in [4.78, 5) is 28.4. The molecule has 0 spiro atoms. The van der Waals surface area contributed by atoms with Crippen LogP contribution >= 0.6 is 23.5 Å². The van der Waals surface area contributed by atoms with Crippen LogP contribution in [-0.2, 0) is 14.3 Å². The van der Waals surface area contributed by atoms with Gasteiger partial charge in [-0.2, -0.15) is 0 Å². The number of ether oxygens (including phenoxy) is 1. The molecule has 0 saturated heterocycles. The predicted molar refractivity (Wildman–Crippen MR) is 183 cm³/mol. The topological polar surface area (TPSA) is 103 Å². The Morgan fingerprint density at radius 2 is 1.98 bits per heavy atom. The Bertz CT molecular complexity index is 1460. The van der Waals surface area contributed by atoms with Crippen molar-refractivity contribution < 1.29 is 19.4 Å². The molecule has 0 heterocycles. The molecule has 0 aliphatic heterocycles. The van der Waals surface area contributed by atoms with Crippen LogP contribution in [0.15, 0.2) is 118 Å². The minimum atomic E-state index is -0.964. The van der Waals surface area contributed by atoms with Crippen LogP contribution in [0.3, 0.4) is 0 Å². The van der Waals surface area contributed by atoms with Gasteiger partial charge in [-0.3, -0.25) is 15.0 Å². The van der Waals surface area contributed by atoms with Gasteiger partial charge in [-0.25, -0.2) is 0 Å². The summed E-state index contributed by atoms with van der Waals surface area (Å²) in [6, 6.07) is 7.27. The van der Waals surface area contributed by atoms with E-state index in [0.29, 0.717) is 29.9 Å². The molecule has 1 aromatic rings. The molecule has 0 amide bonds.